The fourth-order valence-electron chi connectivity index (χ4n) is 3.97. The normalized spacial score (nSPS) is 18.2. The van der Waals surface area contributed by atoms with E-state index in [4.69, 9.17) is 0 Å². The number of aromatic amines is 1. The summed E-state index contributed by atoms with van der Waals surface area (Å²) in [6.07, 6.45) is 4.59. The van der Waals surface area contributed by atoms with E-state index in [2.05, 4.69) is 17.2 Å². The molecule has 2 amide bonds. The lowest BCUT2D eigenvalue weighted by molar-refractivity contribution is -0.134. The SMILES string of the molecule is C[C@H]1CCCN(C(=O)[C@@H](Cc2c[nH]c3ccccc23)NC(=O)c2cccs2)C1. The zero-order valence-electron chi connectivity index (χ0n) is 16.0. The predicted octanol–water partition coefficient (Wildman–Crippen LogP) is 3.83. The molecule has 0 unspecified atom stereocenters. The number of para-hydroxylation sites is 1. The molecule has 2 atom stereocenters. The van der Waals surface area contributed by atoms with Crippen molar-refractivity contribution in [1.82, 2.24) is 15.2 Å². The van der Waals surface area contributed by atoms with E-state index < -0.39 is 6.04 Å². The number of benzene rings is 1. The highest BCUT2D eigenvalue weighted by Gasteiger charge is 2.30. The molecular formula is C22H25N3O2S. The van der Waals surface area contributed by atoms with Gasteiger partial charge in [0.25, 0.3) is 5.91 Å². The number of fused-ring (bicyclic) bond motifs is 1. The van der Waals surface area contributed by atoms with Gasteiger partial charge in [0.1, 0.15) is 6.04 Å². The highest BCUT2D eigenvalue weighted by atomic mass is 32.1. The molecule has 0 bridgehead atoms. The van der Waals surface area contributed by atoms with E-state index in [1.807, 2.05) is 46.8 Å². The van der Waals surface area contributed by atoms with Crippen molar-refractivity contribution in [2.75, 3.05) is 13.1 Å². The third-order valence-corrected chi connectivity index (χ3v) is 6.28. The molecule has 28 heavy (non-hydrogen) atoms. The quantitative estimate of drug-likeness (QED) is 0.690. The van der Waals surface area contributed by atoms with Crippen LogP contribution >= 0.6 is 11.3 Å². The molecule has 2 N–H and O–H groups in total. The number of hydrogen-bond acceptors (Lipinski definition) is 3. The summed E-state index contributed by atoms with van der Waals surface area (Å²) in [4.78, 5) is 31.8. The molecule has 1 aliphatic heterocycles. The Labute approximate surface area is 168 Å². The van der Waals surface area contributed by atoms with E-state index in [1.165, 1.54) is 11.3 Å². The van der Waals surface area contributed by atoms with Crippen LogP contribution in [-0.2, 0) is 11.2 Å². The van der Waals surface area contributed by atoms with Crippen LogP contribution in [0, 0.1) is 5.92 Å². The lowest BCUT2D eigenvalue weighted by Crippen LogP contribution is -2.52. The van der Waals surface area contributed by atoms with Crippen LogP contribution in [0.4, 0.5) is 0 Å². The zero-order chi connectivity index (χ0) is 19.5. The second-order valence-electron chi connectivity index (χ2n) is 7.60. The van der Waals surface area contributed by atoms with Gasteiger partial charge in [-0.15, -0.1) is 11.3 Å². The van der Waals surface area contributed by atoms with Gasteiger partial charge in [-0.3, -0.25) is 9.59 Å². The Balaban J connectivity index is 1.58. The number of amides is 2. The number of carbonyl (C=O) groups excluding carboxylic acids is 2. The summed E-state index contributed by atoms with van der Waals surface area (Å²) < 4.78 is 0. The van der Waals surface area contributed by atoms with Crippen molar-refractivity contribution in [3.63, 3.8) is 0 Å². The summed E-state index contributed by atoms with van der Waals surface area (Å²) in [5, 5.41) is 5.97. The number of thiophene rings is 1. The molecule has 0 spiro atoms. The number of rotatable bonds is 5. The number of nitrogens with zero attached hydrogens (tertiary/aromatic N) is 1. The van der Waals surface area contributed by atoms with Crippen molar-refractivity contribution in [3.8, 4) is 0 Å². The largest absolute Gasteiger partial charge is 0.361 e. The third kappa shape index (κ3) is 3.97. The molecular weight excluding hydrogens is 370 g/mol. The average Bonchev–Trinajstić information content (AvgIpc) is 3.37. The summed E-state index contributed by atoms with van der Waals surface area (Å²) in [6.45, 7) is 3.71. The molecule has 0 saturated carbocycles. The first-order valence-electron chi connectivity index (χ1n) is 9.80. The molecule has 3 heterocycles. The molecule has 1 aliphatic rings. The Morgan fingerprint density at radius 1 is 1.29 bits per heavy atom. The van der Waals surface area contributed by atoms with Crippen molar-refractivity contribution >= 4 is 34.1 Å². The predicted molar refractivity (Wildman–Crippen MR) is 113 cm³/mol. The lowest BCUT2D eigenvalue weighted by Gasteiger charge is -2.33. The van der Waals surface area contributed by atoms with E-state index in [9.17, 15) is 9.59 Å². The van der Waals surface area contributed by atoms with Gasteiger partial charge in [-0.2, -0.15) is 0 Å². The topological polar surface area (TPSA) is 65.2 Å². The molecule has 2 aromatic heterocycles. The van der Waals surface area contributed by atoms with E-state index in [0.717, 1.165) is 42.4 Å². The van der Waals surface area contributed by atoms with Gasteiger partial charge in [0, 0.05) is 36.6 Å². The maximum absolute atomic E-state index is 13.3. The maximum atomic E-state index is 13.3. The molecule has 3 aromatic rings. The Bertz CT molecular complexity index is 963. The van der Waals surface area contributed by atoms with Crippen LogP contribution in [0.3, 0.4) is 0 Å². The van der Waals surface area contributed by atoms with Gasteiger partial charge in [-0.1, -0.05) is 31.2 Å². The van der Waals surface area contributed by atoms with Gasteiger partial charge in [0.15, 0.2) is 0 Å². The Hall–Kier alpha value is -2.60. The number of H-pyrrole nitrogens is 1. The number of carbonyl (C=O) groups is 2. The van der Waals surface area contributed by atoms with E-state index in [-0.39, 0.29) is 11.8 Å². The molecule has 5 nitrogen and oxygen atoms in total. The maximum Gasteiger partial charge on any atom is 0.262 e. The van der Waals surface area contributed by atoms with E-state index in [0.29, 0.717) is 17.2 Å². The smallest absolute Gasteiger partial charge is 0.262 e. The molecule has 1 aromatic carbocycles. The number of aromatic nitrogens is 1. The van der Waals surface area contributed by atoms with Crippen LogP contribution in [-0.4, -0.2) is 40.8 Å². The third-order valence-electron chi connectivity index (χ3n) is 5.42. The number of likely N-dealkylation sites (tertiary alicyclic amines) is 1. The molecule has 0 radical (unpaired) electrons. The van der Waals surface area contributed by atoms with Crippen molar-refractivity contribution in [1.29, 1.82) is 0 Å². The molecule has 4 rings (SSSR count). The van der Waals surface area contributed by atoms with Crippen LogP contribution in [0.25, 0.3) is 10.9 Å². The minimum Gasteiger partial charge on any atom is -0.361 e. The van der Waals surface area contributed by atoms with Crippen LogP contribution in [0.5, 0.6) is 0 Å². The first-order chi connectivity index (χ1) is 13.6. The average molecular weight is 396 g/mol. The van der Waals surface area contributed by atoms with Crippen LogP contribution in [0.1, 0.15) is 35.0 Å². The summed E-state index contributed by atoms with van der Waals surface area (Å²) in [7, 11) is 0. The fourth-order valence-corrected chi connectivity index (χ4v) is 4.59. The number of piperidine rings is 1. The molecule has 6 heteroatoms. The van der Waals surface area contributed by atoms with Gasteiger partial charge in [0.2, 0.25) is 5.91 Å². The van der Waals surface area contributed by atoms with Gasteiger partial charge < -0.3 is 15.2 Å². The van der Waals surface area contributed by atoms with Crippen molar-refractivity contribution in [2.45, 2.75) is 32.2 Å². The van der Waals surface area contributed by atoms with E-state index in [1.54, 1.807) is 6.07 Å². The summed E-state index contributed by atoms with van der Waals surface area (Å²) in [5.41, 5.74) is 2.09. The lowest BCUT2D eigenvalue weighted by atomic mass is 9.98. The monoisotopic (exact) mass is 395 g/mol. The number of hydrogen-bond donors (Lipinski definition) is 2. The number of nitrogens with one attached hydrogen (secondary N) is 2. The highest BCUT2D eigenvalue weighted by Crippen LogP contribution is 2.22. The first-order valence-corrected chi connectivity index (χ1v) is 10.7. The van der Waals surface area contributed by atoms with E-state index >= 15 is 0 Å². The highest BCUT2D eigenvalue weighted by molar-refractivity contribution is 7.12. The first kappa shape index (κ1) is 18.7. The second-order valence-corrected chi connectivity index (χ2v) is 8.55. The van der Waals surface area contributed by atoms with Crippen LogP contribution in [0.2, 0.25) is 0 Å². The van der Waals surface area contributed by atoms with Crippen molar-refractivity contribution < 1.29 is 9.59 Å². The minimum atomic E-state index is -0.570. The van der Waals surface area contributed by atoms with Gasteiger partial charge >= 0.3 is 0 Å². The fraction of sp³-hybridized carbons (Fsp3) is 0.364. The van der Waals surface area contributed by atoms with Gasteiger partial charge in [0.05, 0.1) is 4.88 Å². The zero-order valence-corrected chi connectivity index (χ0v) is 16.8. The molecule has 1 saturated heterocycles. The van der Waals surface area contributed by atoms with Crippen molar-refractivity contribution in [3.05, 3.63) is 58.4 Å². The molecule has 0 aliphatic carbocycles. The van der Waals surface area contributed by atoms with Gasteiger partial charge in [-0.05, 0) is 41.8 Å². The van der Waals surface area contributed by atoms with Crippen LogP contribution < -0.4 is 5.32 Å². The molecule has 1 fully saturated rings. The molecule has 146 valence electrons. The minimum absolute atomic E-state index is 0.0155. The Morgan fingerprint density at radius 3 is 2.93 bits per heavy atom. The summed E-state index contributed by atoms with van der Waals surface area (Å²) in [5.74, 6) is 0.333. The van der Waals surface area contributed by atoms with Gasteiger partial charge in [-0.25, -0.2) is 0 Å². The van der Waals surface area contributed by atoms with Crippen molar-refractivity contribution in [2.24, 2.45) is 5.92 Å². The van der Waals surface area contributed by atoms with Crippen LogP contribution in [0.15, 0.2) is 48.0 Å². The second kappa shape index (κ2) is 8.19. The standard InChI is InChI=1S/C22H25N3O2S/c1-15-6-4-10-25(14-15)22(27)19(24-21(26)20-9-5-11-28-20)12-16-13-23-18-8-3-2-7-17(16)18/h2-3,5,7-9,11,13,15,19,23H,4,6,10,12,14H2,1H3,(H,24,26)/t15-,19+/m0/s1. The Morgan fingerprint density at radius 2 is 2.14 bits per heavy atom. The Kier molecular flexibility index (Phi) is 5.48. The summed E-state index contributed by atoms with van der Waals surface area (Å²) >= 11 is 1.39. The summed E-state index contributed by atoms with van der Waals surface area (Å²) in [6, 6.07) is 11.1.